The molecule has 0 aliphatic carbocycles. The number of hydrogen-bond acceptors (Lipinski definition) is 7. The first-order valence-electron chi connectivity index (χ1n) is 11.3. The molecule has 13 heteroatoms. The Morgan fingerprint density at radius 2 is 2.00 bits per heavy atom. The molecular weight excluding hydrogens is 486 g/mol. The molecule has 2 saturated heterocycles. The lowest BCUT2D eigenvalue weighted by Crippen LogP contribution is -2.46. The molecule has 0 radical (unpaired) electrons. The van der Waals surface area contributed by atoms with Crippen LogP contribution in [-0.2, 0) is 9.47 Å². The molecule has 1 N–H and O–H groups in total. The molecule has 5 rings (SSSR count). The van der Waals surface area contributed by atoms with Gasteiger partial charge in [0.1, 0.15) is 11.4 Å². The number of carbonyl (C=O) groups is 1. The third-order valence-corrected chi connectivity index (χ3v) is 6.33. The fraction of sp³-hybridized carbons (Fsp3) is 0.435. The minimum absolute atomic E-state index is 0.0559. The minimum atomic E-state index is -5.03. The molecule has 3 aromatic rings. The van der Waals surface area contributed by atoms with E-state index in [-0.39, 0.29) is 29.8 Å². The van der Waals surface area contributed by atoms with Gasteiger partial charge in [-0.05, 0) is 36.6 Å². The number of rotatable bonds is 7. The lowest BCUT2D eigenvalue weighted by molar-refractivity contribution is -0.275. The summed E-state index contributed by atoms with van der Waals surface area (Å²) in [6.07, 6.45) is 0.0851. The van der Waals surface area contributed by atoms with E-state index in [0.29, 0.717) is 18.9 Å². The number of nitrogens with one attached hydrogen (secondary N) is 1. The molecule has 36 heavy (non-hydrogen) atoms. The highest BCUT2D eigenvalue weighted by Crippen LogP contribution is 2.33. The molecule has 0 saturated carbocycles. The van der Waals surface area contributed by atoms with Crippen molar-refractivity contribution in [3.05, 3.63) is 53.6 Å². The van der Waals surface area contributed by atoms with Crippen LogP contribution >= 0.6 is 0 Å². The van der Waals surface area contributed by atoms with Gasteiger partial charge >= 0.3 is 6.36 Å². The summed E-state index contributed by atoms with van der Waals surface area (Å²) in [6.45, 7) is 1.19. The molecule has 9 nitrogen and oxygen atoms in total. The SMILES string of the molecule is COCC(NC(=O)c1cnn2ccc(N3C4CCC3COC4)nc12)c1ccc(OC(F)(F)F)c(F)c1. The number of fused-ring (bicyclic) bond motifs is 3. The summed E-state index contributed by atoms with van der Waals surface area (Å²) in [4.78, 5) is 20.1. The Hall–Kier alpha value is -3.45. The number of carbonyl (C=O) groups excluding carboxylic acids is 1. The largest absolute Gasteiger partial charge is 0.573 e. The molecule has 3 unspecified atom stereocenters. The van der Waals surface area contributed by atoms with Gasteiger partial charge in [-0.25, -0.2) is 13.9 Å². The third-order valence-electron chi connectivity index (χ3n) is 6.33. The number of hydrogen-bond donors (Lipinski definition) is 1. The number of aromatic nitrogens is 3. The topological polar surface area (TPSA) is 90.2 Å². The van der Waals surface area contributed by atoms with E-state index in [1.807, 2.05) is 6.07 Å². The fourth-order valence-corrected chi connectivity index (χ4v) is 4.73. The first kappa shape index (κ1) is 24.3. The summed E-state index contributed by atoms with van der Waals surface area (Å²) >= 11 is 0. The van der Waals surface area contributed by atoms with Crippen LogP contribution in [0.1, 0.15) is 34.8 Å². The zero-order valence-electron chi connectivity index (χ0n) is 19.2. The Kier molecular flexibility index (Phi) is 6.43. The van der Waals surface area contributed by atoms with Crippen molar-refractivity contribution < 1.29 is 36.6 Å². The van der Waals surface area contributed by atoms with E-state index in [1.54, 1.807) is 6.20 Å². The molecule has 2 aliphatic rings. The van der Waals surface area contributed by atoms with Gasteiger partial charge in [0, 0.05) is 13.3 Å². The Morgan fingerprint density at radius 3 is 2.67 bits per heavy atom. The molecule has 3 atom stereocenters. The second-order valence-corrected chi connectivity index (χ2v) is 8.66. The van der Waals surface area contributed by atoms with Crippen molar-refractivity contribution >= 4 is 17.4 Å². The Balaban J connectivity index is 1.39. The standard InChI is InChI=1S/C23H23F4N5O4/c1-34-12-18(13-2-5-19(17(24)8-13)36-23(25,26)27)29-22(33)16-9-28-31-7-6-20(30-21(16)31)32-14-3-4-15(32)11-35-10-14/h2,5-9,14-15,18H,3-4,10-12H2,1H3,(H,29,33). The summed E-state index contributed by atoms with van der Waals surface area (Å²) in [7, 11) is 1.39. The van der Waals surface area contributed by atoms with Crippen molar-refractivity contribution in [2.45, 2.75) is 37.3 Å². The van der Waals surface area contributed by atoms with Gasteiger partial charge in [-0.1, -0.05) is 6.07 Å². The van der Waals surface area contributed by atoms with E-state index in [0.717, 1.165) is 30.8 Å². The lowest BCUT2D eigenvalue weighted by Gasteiger charge is -2.35. The second-order valence-electron chi connectivity index (χ2n) is 8.66. The minimum Gasteiger partial charge on any atom is -0.403 e. The van der Waals surface area contributed by atoms with Crippen molar-refractivity contribution in [2.75, 3.05) is 31.8 Å². The average molecular weight is 509 g/mol. The van der Waals surface area contributed by atoms with Crippen molar-refractivity contribution in [1.29, 1.82) is 0 Å². The van der Waals surface area contributed by atoms with Gasteiger partial charge < -0.3 is 24.4 Å². The van der Waals surface area contributed by atoms with Crippen molar-refractivity contribution in [2.24, 2.45) is 0 Å². The monoisotopic (exact) mass is 509 g/mol. The van der Waals surface area contributed by atoms with Gasteiger partial charge in [-0.3, -0.25) is 4.79 Å². The zero-order chi connectivity index (χ0) is 25.4. The number of alkyl halides is 3. The summed E-state index contributed by atoms with van der Waals surface area (Å²) in [5.74, 6) is -2.01. The smallest absolute Gasteiger partial charge is 0.403 e. The highest BCUT2D eigenvalue weighted by molar-refractivity contribution is 6.00. The van der Waals surface area contributed by atoms with Gasteiger partial charge in [-0.2, -0.15) is 5.10 Å². The van der Waals surface area contributed by atoms with Gasteiger partial charge in [-0.15, -0.1) is 13.2 Å². The summed E-state index contributed by atoms with van der Waals surface area (Å²) in [5.41, 5.74) is 0.732. The van der Waals surface area contributed by atoms with E-state index in [9.17, 15) is 22.4 Å². The first-order valence-corrected chi connectivity index (χ1v) is 11.3. The maximum atomic E-state index is 14.3. The third kappa shape index (κ3) is 4.80. The predicted molar refractivity (Wildman–Crippen MR) is 118 cm³/mol. The molecule has 2 aliphatic heterocycles. The van der Waals surface area contributed by atoms with E-state index < -0.39 is 29.9 Å². The molecule has 1 aromatic carbocycles. The van der Waals surface area contributed by atoms with Crippen LogP contribution in [0.25, 0.3) is 5.65 Å². The number of halogens is 4. The average Bonchev–Trinajstić information content (AvgIpc) is 3.36. The molecule has 2 bridgehead atoms. The highest BCUT2D eigenvalue weighted by Gasteiger charge is 2.38. The number of nitrogens with zero attached hydrogens (tertiary/aromatic N) is 4. The molecule has 4 heterocycles. The Labute approximate surface area is 202 Å². The molecule has 0 spiro atoms. The van der Waals surface area contributed by atoms with Gasteiger partial charge in [0.25, 0.3) is 5.91 Å². The first-order chi connectivity index (χ1) is 17.2. The highest BCUT2D eigenvalue weighted by atomic mass is 19.4. The van der Waals surface area contributed by atoms with Crippen LogP contribution in [-0.4, -0.2) is 65.9 Å². The maximum absolute atomic E-state index is 14.3. The van der Waals surface area contributed by atoms with Crippen LogP contribution in [0, 0.1) is 5.82 Å². The molecule has 1 amide bonds. The van der Waals surface area contributed by atoms with Crippen molar-refractivity contribution in [3.8, 4) is 5.75 Å². The second kappa shape index (κ2) is 9.54. The summed E-state index contributed by atoms with van der Waals surface area (Å²) in [6, 6.07) is 4.39. The molecule has 192 valence electrons. The molecular formula is C23H23F4N5O4. The Bertz CT molecular complexity index is 1250. The van der Waals surface area contributed by atoms with Gasteiger partial charge in [0.2, 0.25) is 0 Å². The normalized spacial score (nSPS) is 20.5. The van der Waals surface area contributed by atoms with E-state index in [4.69, 9.17) is 14.5 Å². The lowest BCUT2D eigenvalue weighted by atomic mass is 10.1. The van der Waals surface area contributed by atoms with E-state index in [2.05, 4.69) is 20.1 Å². The quantitative estimate of drug-likeness (QED) is 0.489. The van der Waals surface area contributed by atoms with Crippen molar-refractivity contribution in [1.82, 2.24) is 19.9 Å². The van der Waals surface area contributed by atoms with Crippen LogP contribution in [0.2, 0.25) is 0 Å². The summed E-state index contributed by atoms with van der Waals surface area (Å²) in [5, 5.41) is 6.93. The number of methoxy groups -OCH3 is 1. The number of morpholine rings is 1. The van der Waals surface area contributed by atoms with E-state index >= 15 is 0 Å². The Morgan fingerprint density at radius 1 is 1.25 bits per heavy atom. The van der Waals surface area contributed by atoms with Crippen LogP contribution in [0.3, 0.4) is 0 Å². The maximum Gasteiger partial charge on any atom is 0.573 e. The predicted octanol–water partition coefficient (Wildman–Crippen LogP) is 3.25. The van der Waals surface area contributed by atoms with Crippen molar-refractivity contribution in [3.63, 3.8) is 0 Å². The number of amides is 1. The summed E-state index contributed by atoms with van der Waals surface area (Å²) < 4.78 is 67.6. The molecule has 2 aromatic heterocycles. The van der Waals surface area contributed by atoms with Gasteiger partial charge in [0.15, 0.2) is 17.2 Å². The zero-order valence-corrected chi connectivity index (χ0v) is 19.2. The number of benzene rings is 1. The fourth-order valence-electron chi connectivity index (χ4n) is 4.73. The van der Waals surface area contributed by atoms with E-state index in [1.165, 1.54) is 23.9 Å². The van der Waals surface area contributed by atoms with Crippen LogP contribution in [0.4, 0.5) is 23.4 Å². The van der Waals surface area contributed by atoms with Gasteiger partial charge in [0.05, 0.1) is 44.1 Å². The van der Waals surface area contributed by atoms with Crippen LogP contribution < -0.4 is 15.0 Å². The van der Waals surface area contributed by atoms with Crippen LogP contribution in [0.15, 0.2) is 36.7 Å². The van der Waals surface area contributed by atoms with Crippen LogP contribution in [0.5, 0.6) is 5.75 Å². The molecule has 2 fully saturated rings. The number of ether oxygens (including phenoxy) is 3. The number of anilines is 1.